The van der Waals surface area contributed by atoms with Gasteiger partial charge in [-0.2, -0.15) is 0 Å². The molecule has 0 aliphatic heterocycles. The summed E-state index contributed by atoms with van der Waals surface area (Å²) in [6.07, 6.45) is 0. The Kier molecular flexibility index (Phi) is 6.77. The van der Waals surface area contributed by atoms with Gasteiger partial charge in [-0.1, -0.05) is 109 Å². The van der Waals surface area contributed by atoms with E-state index in [2.05, 4.69) is 103 Å². The first kappa shape index (κ1) is 27.1. The zero-order valence-electron chi connectivity index (χ0n) is 24.0. The Balaban J connectivity index is 1.00. The van der Waals surface area contributed by atoms with Crippen molar-refractivity contribution in [1.82, 2.24) is 4.98 Å². The molecule has 1 heterocycles. The maximum Gasteiger partial charge on any atom is 0.126 e. The van der Waals surface area contributed by atoms with Crippen molar-refractivity contribution in [1.29, 1.82) is 0 Å². The lowest BCUT2D eigenvalue weighted by molar-refractivity contribution is 0.584. The minimum absolute atomic E-state index is 0.524. The molecule has 0 bridgehead atoms. The zero-order chi connectivity index (χ0) is 30.3. The fourth-order valence-electron chi connectivity index (χ4n) is 5.84. The van der Waals surface area contributed by atoms with Gasteiger partial charge in [-0.15, -0.1) is 11.3 Å². The molecule has 8 rings (SSSR count). The van der Waals surface area contributed by atoms with E-state index in [4.69, 9.17) is 4.98 Å². The monoisotopic (exact) mass is 601 g/mol. The number of halogens is 2. The molecule has 0 N–H and O–H groups in total. The third-order valence-electron chi connectivity index (χ3n) is 8.23. The number of fused-ring (bicyclic) bond motifs is 2. The highest BCUT2D eigenvalue weighted by atomic mass is 32.1. The van der Waals surface area contributed by atoms with Crippen LogP contribution < -0.4 is 0 Å². The van der Waals surface area contributed by atoms with Crippen LogP contribution >= 0.6 is 11.3 Å². The molecule has 1 nitrogen and oxygen atoms in total. The highest BCUT2D eigenvalue weighted by Gasteiger charge is 2.09. The van der Waals surface area contributed by atoms with Crippen molar-refractivity contribution < 1.29 is 8.78 Å². The van der Waals surface area contributed by atoms with Gasteiger partial charge in [0.1, 0.15) is 16.6 Å². The van der Waals surface area contributed by atoms with Crippen LogP contribution in [0.15, 0.2) is 152 Å². The van der Waals surface area contributed by atoms with E-state index in [9.17, 15) is 8.78 Å². The summed E-state index contributed by atoms with van der Waals surface area (Å²) in [4.78, 5) is 4.80. The molecule has 0 fully saturated rings. The Morgan fingerprint density at radius 2 is 0.800 bits per heavy atom. The Hall–Kier alpha value is -5.45. The van der Waals surface area contributed by atoms with Crippen LogP contribution in [0.4, 0.5) is 8.78 Å². The Morgan fingerprint density at radius 3 is 1.31 bits per heavy atom. The normalized spacial score (nSPS) is 11.3. The minimum atomic E-state index is -0.578. The van der Waals surface area contributed by atoms with Gasteiger partial charge in [-0.3, -0.25) is 0 Å². The Morgan fingerprint density at radius 1 is 0.378 bits per heavy atom. The Bertz CT molecular complexity index is 2270. The van der Waals surface area contributed by atoms with Crippen molar-refractivity contribution in [3.63, 3.8) is 0 Å². The molecule has 0 aliphatic carbocycles. The molecular weight excluding hydrogens is 577 g/mol. The second-order valence-electron chi connectivity index (χ2n) is 11.2. The number of para-hydroxylation sites is 1. The summed E-state index contributed by atoms with van der Waals surface area (Å²) in [5.41, 5.74) is 10.3. The molecule has 0 spiro atoms. The van der Waals surface area contributed by atoms with E-state index in [1.54, 1.807) is 11.3 Å². The van der Waals surface area contributed by atoms with Crippen molar-refractivity contribution in [2.24, 2.45) is 0 Å². The number of nitrogens with zero attached hydrogens (tertiary/aromatic N) is 1. The lowest BCUT2D eigenvalue weighted by Gasteiger charge is -2.09. The van der Waals surface area contributed by atoms with Crippen molar-refractivity contribution in [2.45, 2.75) is 0 Å². The van der Waals surface area contributed by atoms with Crippen molar-refractivity contribution in [3.05, 3.63) is 163 Å². The number of aromatic nitrogens is 1. The third-order valence-corrected chi connectivity index (χ3v) is 9.32. The molecule has 0 radical (unpaired) electrons. The summed E-state index contributed by atoms with van der Waals surface area (Å²) in [6.45, 7) is 0. The highest BCUT2D eigenvalue weighted by molar-refractivity contribution is 7.21. The van der Waals surface area contributed by atoms with Gasteiger partial charge in [0.05, 0.1) is 10.2 Å². The van der Waals surface area contributed by atoms with E-state index < -0.39 is 11.6 Å². The fourth-order valence-corrected chi connectivity index (χ4v) is 6.81. The first-order valence-electron chi connectivity index (χ1n) is 14.7. The molecular formula is C41H25F2NS. The Labute approximate surface area is 263 Å². The molecule has 0 aliphatic rings. The number of rotatable bonds is 5. The SMILES string of the molecule is Fc1cc(F)cc(-c2ccc(-c3ccc(-c4ccc5cc(-c6ccc(-c7nc8ccccc8s7)cc6)ccc5c4)cc3)cc2)c1. The molecule has 45 heavy (non-hydrogen) atoms. The topological polar surface area (TPSA) is 12.9 Å². The van der Waals surface area contributed by atoms with Crippen LogP contribution in [0.25, 0.3) is 76.1 Å². The predicted molar refractivity (Wildman–Crippen MR) is 184 cm³/mol. The van der Waals surface area contributed by atoms with Gasteiger partial charge in [0, 0.05) is 11.6 Å². The zero-order valence-corrected chi connectivity index (χ0v) is 24.9. The van der Waals surface area contributed by atoms with Crippen molar-refractivity contribution in [2.75, 3.05) is 0 Å². The number of thiazole rings is 1. The number of hydrogen-bond acceptors (Lipinski definition) is 2. The van der Waals surface area contributed by atoms with Gasteiger partial charge in [0.15, 0.2) is 0 Å². The van der Waals surface area contributed by atoms with Crippen LogP contribution in [0.2, 0.25) is 0 Å². The van der Waals surface area contributed by atoms with E-state index >= 15 is 0 Å². The maximum absolute atomic E-state index is 13.7. The first-order valence-corrected chi connectivity index (χ1v) is 15.5. The summed E-state index contributed by atoms with van der Waals surface area (Å²) in [7, 11) is 0. The molecule has 0 unspecified atom stereocenters. The van der Waals surface area contributed by atoms with Crippen LogP contribution in [0, 0.1) is 11.6 Å². The van der Waals surface area contributed by atoms with Gasteiger partial charge in [0.25, 0.3) is 0 Å². The standard InChI is InChI=1S/C41H25F2NS/c42-37-23-36(24-38(43)25-37)30-11-7-27(8-12-30)26-5-9-28(10-6-26)32-17-19-35-22-33(18-20-34(35)21-32)29-13-15-31(16-14-29)41-44-39-3-1-2-4-40(39)45-41/h1-25H. The van der Waals surface area contributed by atoms with Crippen molar-refractivity contribution in [3.8, 4) is 55.1 Å². The predicted octanol–water partition coefficient (Wildman–Crippen LogP) is 12.1. The average Bonchev–Trinajstić information content (AvgIpc) is 3.52. The molecule has 0 amide bonds. The smallest absolute Gasteiger partial charge is 0.126 e. The highest BCUT2D eigenvalue weighted by Crippen LogP contribution is 2.34. The van der Waals surface area contributed by atoms with Gasteiger partial charge >= 0.3 is 0 Å². The molecule has 1 aromatic heterocycles. The van der Waals surface area contributed by atoms with E-state index in [0.29, 0.717) is 5.56 Å². The van der Waals surface area contributed by atoms with Crippen LogP contribution in [0.1, 0.15) is 0 Å². The van der Waals surface area contributed by atoms with Gasteiger partial charge in [0.2, 0.25) is 0 Å². The quantitative estimate of drug-likeness (QED) is 0.191. The maximum atomic E-state index is 13.7. The lowest BCUT2D eigenvalue weighted by Crippen LogP contribution is -1.85. The molecule has 0 atom stereocenters. The number of hydrogen-bond donors (Lipinski definition) is 0. The van der Waals surface area contributed by atoms with E-state index in [-0.39, 0.29) is 0 Å². The summed E-state index contributed by atoms with van der Waals surface area (Å²) in [6, 6.07) is 49.9. The molecule has 0 saturated carbocycles. The van der Waals surface area contributed by atoms with Crippen molar-refractivity contribution >= 4 is 32.3 Å². The fraction of sp³-hybridized carbons (Fsp3) is 0. The van der Waals surface area contributed by atoms with Crippen LogP contribution in [-0.4, -0.2) is 4.98 Å². The summed E-state index contributed by atoms with van der Waals surface area (Å²) >= 11 is 1.72. The van der Waals surface area contributed by atoms with Crippen LogP contribution in [-0.2, 0) is 0 Å². The second kappa shape index (κ2) is 11.2. The van der Waals surface area contributed by atoms with Crippen LogP contribution in [0.3, 0.4) is 0 Å². The summed E-state index contributed by atoms with van der Waals surface area (Å²) in [5.74, 6) is -1.16. The van der Waals surface area contributed by atoms with E-state index in [1.165, 1.54) is 38.7 Å². The lowest BCUT2D eigenvalue weighted by atomic mass is 9.96. The third kappa shape index (κ3) is 5.41. The molecule has 8 aromatic rings. The molecule has 214 valence electrons. The first-order chi connectivity index (χ1) is 22.1. The molecule has 0 saturated heterocycles. The summed E-state index contributed by atoms with van der Waals surface area (Å²) in [5, 5.41) is 3.43. The minimum Gasteiger partial charge on any atom is -0.236 e. The van der Waals surface area contributed by atoms with Crippen LogP contribution in [0.5, 0.6) is 0 Å². The number of benzene rings is 7. The average molecular weight is 602 g/mol. The van der Waals surface area contributed by atoms with Gasteiger partial charge in [-0.25, -0.2) is 13.8 Å². The van der Waals surface area contributed by atoms with Gasteiger partial charge < -0.3 is 0 Å². The largest absolute Gasteiger partial charge is 0.236 e. The molecule has 4 heteroatoms. The van der Waals surface area contributed by atoms with E-state index in [0.717, 1.165) is 50.0 Å². The second-order valence-corrected chi connectivity index (χ2v) is 12.2. The van der Waals surface area contributed by atoms with E-state index in [1.807, 2.05) is 30.3 Å². The van der Waals surface area contributed by atoms with Gasteiger partial charge in [-0.05, 0) is 91.7 Å². The summed E-state index contributed by atoms with van der Waals surface area (Å²) < 4.78 is 28.5. The molecule has 7 aromatic carbocycles.